The van der Waals surface area contributed by atoms with E-state index >= 15 is 0 Å². The predicted octanol–water partition coefficient (Wildman–Crippen LogP) is 2.22. The summed E-state index contributed by atoms with van der Waals surface area (Å²) >= 11 is 5.83. The summed E-state index contributed by atoms with van der Waals surface area (Å²) in [4.78, 5) is 0. The van der Waals surface area contributed by atoms with Crippen LogP contribution in [0, 0.1) is 0 Å². The van der Waals surface area contributed by atoms with Crippen LogP contribution in [0.15, 0.2) is 24.3 Å². The molecule has 17 heavy (non-hydrogen) atoms. The first-order valence-electron chi connectivity index (χ1n) is 5.89. The van der Waals surface area contributed by atoms with Gasteiger partial charge in [0.15, 0.2) is 0 Å². The summed E-state index contributed by atoms with van der Waals surface area (Å²) in [5.74, 6) is 0.689. The van der Waals surface area contributed by atoms with Crippen LogP contribution in [-0.2, 0) is 0 Å². The van der Waals surface area contributed by atoms with Crippen molar-refractivity contribution in [3.63, 3.8) is 0 Å². The van der Waals surface area contributed by atoms with E-state index < -0.39 is 6.10 Å². The lowest BCUT2D eigenvalue weighted by Gasteiger charge is -2.16. The molecule has 0 aromatic heterocycles. The number of ether oxygens (including phenoxy) is 1. The largest absolute Gasteiger partial charge is 0.491 e. The fourth-order valence-corrected chi connectivity index (χ4v) is 1.72. The summed E-state index contributed by atoms with van der Waals surface area (Å²) in [6.07, 6.45) is 1.88. The molecule has 2 N–H and O–H groups in total. The number of nitrogens with one attached hydrogen (secondary N) is 1. The van der Waals surface area contributed by atoms with Crippen LogP contribution >= 0.6 is 11.6 Å². The number of benzene rings is 1. The molecule has 0 heterocycles. The van der Waals surface area contributed by atoms with Gasteiger partial charge in [-0.2, -0.15) is 0 Å². The molecule has 1 saturated carbocycles. The van der Waals surface area contributed by atoms with Crippen molar-refractivity contribution in [2.75, 3.05) is 13.2 Å². The molecule has 0 aliphatic heterocycles. The molecule has 0 radical (unpaired) electrons. The molecule has 1 aliphatic carbocycles. The van der Waals surface area contributed by atoms with E-state index in [4.69, 9.17) is 16.3 Å². The Morgan fingerprint density at radius 1 is 1.53 bits per heavy atom. The summed E-state index contributed by atoms with van der Waals surface area (Å²) in [7, 11) is 0. The molecule has 1 fully saturated rings. The van der Waals surface area contributed by atoms with E-state index in [0.717, 1.165) is 0 Å². The second-order valence-electron chi connectivity index (χ2n) is 4.86. The van der Waals surface area contributed by atoms with Gasteiger partial charge in [0.1, 0.15) is 18.5 Å². The van der Waals surface area contributed by atoms with Gasteiger partial charge in [0.25, 0.3) is 0 Å². The third-order valence-corrected chi connectivity index (χ3v) is 3.24. The highest BCUT2D eigenvalue weighted by molar-refractivity contribution is 6.30. The van der Waals surface area contributed by atoms with E-state index in [1.54, 1.807) is 12.1 Å². The Balaban J connectivity index is 1.70. The first kappa shape index (κ1) is 12.7. The highest BCUT2D eigenvalue weighted by Crippen LogP contribution is 2.34. The summed E-state index contributed by atoms with van der Waals surface area (Å²) in [6, 6.07) is 7.19. The Hall–Kier alpha value is -0.770. The highest BCUT2D eigenvalue weighted by Gasteiger charge is 2.36. The standard InChI is InChI=1S/C13H18ClNO2/c1-13(5-6-13)15-8-11(16)9-17-12-4-2-3-10(14)7-12/h2-4,7,11,15-16H,5-6,8-9H2,1H3. The van der Waals surface area contributed by atoms with E-state index in [-0.39, 0.29) is 12.1 Å². The average Bonchev–Trinajstić information content (AvgIpc) is 3.03. The molecule has 1 atom stereocenters. The van der Waals surface area contributed by atoms with E-state index in [0.29, 0.717) is 17.3 Å². The summed E-state index contributed by atoms with van der Waals surface area (Å²) in [5, 5.41) is 13.7. The zero-order chi connectivity index (χ0) is 12.3. The fraction of sp³-hybridized carbons (Fsp3) is 0.538. The van der Waals surface area contributed by atoms with Crippen molar-refractivity contribution in [3.05, 3.63) is 29.3 Å². The van der Waals surface area contributed by atoms with Gasteiger partial charge >= 0.3 is 0 Å². The lowest BCUT2D eigenvalue weighted by molar-refractivity contribution is 0.103. The van der Waals surface area contributed by atoms with Gasteiger partial charge in [0.2, 0.25) is 0 Å². The molecule has 0 bridgehead atoms. The third kappa shape index (κ3) is 4.19. The molecule has 1 aromatic carbocycles. The van der Waals surface area contributed by atoms with Crippen molar-refractivity contribution in [1.29, 1.82) is 0 Å². The van der Waals surface area contributed by atoms with Crippen LogP contribution in [0.5, 0.6) is 5.75 Å². The van der Waals surface area contributed by atoms with Gasteiger partial charge in [-0.15, -0.1) is 0 Å². The minimum Gasteiger partial charge on any atom is -0.491 e. The number of hydrogen-bond donors (Lipinski definition) is 2. The van der Waals surface area contributed by atoms with Crippen LogP contribution in [0.25, 0.3) is 0 Å². The minimum atomic E-state index is -0.494. The van der Waals surface area contributed by atoms with Gasteiger partial charge in [-0.3, -0.25) is 0 Å². The minimum absolute atomic E-state index is 0.247. The SMILES string of the molecule is CC1(NCC(O)COc2cccc(Cl)c2)CC1. The molecule has 1 unspecified atom stereocenters. The lowest BCUT2D eigenvalue weighted by Crippen LogP contribution is -2.37. The predicted molar refractivity (Wildman–Crippen MR) is 68.6 cm³/mol. The van der Waals surface area contributed by atoms with Crippen LogP contribution in [0.4, 0.5) is 0 Å². The smallest absolute Gasteiger partial charge is 0.120 e. The molecule has 0 spiro atoms. The van der Waals surface area contributed by atoms with Crippen molar-refractivity contribution < 1.29 is 9.84 Å². The first-order valence-corrected chi connectivity index (χ1v) is 6.27. The van der Waals surface area contributed by atoms with Gasteiger partial charge < -0.3 is 15.2 Å². The topological polar surface area (TPSA) is 41.5 Å². The number of rotatable bonds is 6. The van der Waals surface area contributed by atoms with Gasteiger partial charge in [0, 0.05) is 17.1 Å². The summed E-state index contributed by atoms with van der Waals surface area (Å²) in [6.45, 7) is 3.01. The molecule has 94 valence electrons. The molecular weight excluding hydrogens is 238 g/mol. The summed E-state index contributed by atoms with van der Waals surface area (Å²) in [5.41, 5.74) is 0.247. The van der Waals surface area contributed by atoms with Crippen LogP contribution in [-0.4, -0.2) is 29.9 Å². The van der Waals surface area contributed by atoms with E-state index in [1.165, 1.54) is 12.8 Å². The molecule has 2 rings (SSSR count). The van der Waals surface area contributed by atoms with E-state index in [9.17, 15) is 5.11 Å². The second kappa shape index (κ2) is 5.25. The second-order valence-corrected chi connectivity index (χ2v) is 5.30. The van der Waals surface area contributed by atoms with Gasteiger partial charge in [-0.25, -0.2) is 0 Å². The van der Waals surface area contributed by atoms with Crippen LogP contribution in [0.3, 0.4) is 0 Å². The zero-order valence-electron chi connectivity index (χ0n) is 9.95. The third-order valence-electron chi connectivity index (χ3n) is 3.00. The Labute approximate surface area is 107 Å². The molecule has 3 nitrogen and oxygen atoms in total. The zero-order valence-corrected chi connectivity index (χ0v) is 10.7. The van der Waals surface area contributed by atoms with Crippen molar-refractivity contribution in [2.24, 2.45) is 0 Å². The van der Waals surface area contributed by atoms with E-state index in [1.807, 2.05) is 12.1 Å². The number of hydrogen-bond acceptors (Lipinski definition) is 3. The lowest BCUT2D eigenvalue weighted by atomic mass is 10.3. The number of halogens is 1. The number of aliphatic hydroxyl groups is 1. The van der Waals surface area contributed by atoms with Crippen LogP contribution < -0.4 is 10.1 Å². The Morgan fingerprint density at radius 3 is 2.94 bits per heavy atom. The Kier molecular flexibility index (Phi) is 3.92. The molecule has 0 saturated heterocycles. The maximum Gasteiger partial charge on any atom is 0.120 e. The van der Waals surface area contributed by atoms with Crippen molar-refractivity contribution in [3.8, 4) is 5.75 Å². The fourth-order valence-electron chi connectivity index (χ4n) is 1.54. The summed E-state index contributed by atoms with van der Waals surface area (Å²) < 4.78 is 5.46. The normalized spacial score (nSPS) is 18.8. The van der Waals surface area contributed by atoms with Gasteiger partial charge in [-0.1, -0.05) is 17.7 Å². The Bertz CT molecular complexity index is 379. The number of β-amino-alcohol motifs (C(OH)–C–C–N with tert-alkyl or cyclic N) is 1. The molecular formula is C13H18ClNO2. The monoisotopic (exact) mass is 255 g/mol. The Morgan fingerprint density at radius 2 is 2.29 bits per heavy atom. The first-order chi connectivity index (χ1) is 8.07. The van der Waals surface area contributed by atoms with Gasteiger partial charge in [-0.05, 0) is 38.0 Å². The van der Waals surface area contributed by atoms with Crippen molar-refractivity contribution in [2.45, 2.75) is 31.4 Å². The van der Waals surface area contributed by atoms with Crippen LogP contribution in [0.1, 0.15) is 19.8 Å². The van der Waals surface area contributed by atoms with Crippen LogP contribution in [0.2, 0.25) is 5.02 Å². The average molecular weight is 256 g/mol. The molecule has 1 aromatic rings. The van der Waals surface area contributed by atoms with Gasteiger partial charge in [0.05, 0.1) is 0 Å². The van der Waals surface area contributed by atoms with E-state index in [2.05, 4.69) is 12.2 Å². The highest BCUT2D eigenvalue weighted by atomic mass is 35.5. The molecule has 0 amide bonds. The maximum absolute atomic E-state index is 9.75. The molecule has 1 aliphatic rings. The van der Waals surface area contributed by atoms with Crippen molar-refractivity contribution in [1.82, 2.24) is 5.32 Å². The van der Waals surface area contributed by atoms with Crippen molar-refractivity contribution >= 4 is 11.6 Å². The maximum atomic E-state index is 9.75. The quantitative estimate of drug-likeness (QED) is 0.819. The number of aliphatic hydroxyl groups excluding tert-OH is 1. The molecule has 4 heteroatoms.